The third kappa shape index (κ3) is 3.78. The van der Waals surface area contributed by atoms with E-state index in [4.69, 9.17) is 4.74 Å². The summed E-state index contributed by atoms with van der Waals surface area (Å²) in [6.45, 7) is 2.14. The summed E-state index contributed by atoms with van der Waals surface area (Å²) in [4.78, 5) is 0. The van der Waals surface area contributed by atoms with Crippen molar-refractivity contribution in [2.75, 3.05) is 0 Å². The first kappa shape index (κ1) is 15.0. The Balaban J connectivity index is 1.83. The van der Waals surface area contributed by atoms with E-state index in [-0.39, 0.29) is 17.9 Å². The number of hydrogen-bond acceptors (Lipinski definition) is 4. The van der Waals surface area contributed by atoms with Gasteiger partial charge in [0.1, 0.15) is 0 Å². The largest absolute Gasteiger partial charge is 0.392 e. The Kier molecular flexibility index (Phi) is 5.39. The highest BCUT2D eigenvalue weighted by molar-refractivity contribution is 5.06. The van der Waals surface area contributed by atoms with Crippen molar-refractivity contribution in [3.05, 3.63) is 12.2 Å². The van der Waals surface area contributed by atoms with Gasteiger partial charge in [0.2, 0.25) is 0 Å². The van der Waals surface area contributed by atoms with E-state index in [1.165, 1.54) is 0 Å². The first-order chi connectivity index (χ1) is 9.11. The van der Waals surface area contributed by atoms with Gasteiger partial charge < -0.3 is 20.1 Å². The third-order valence-corrected chi connectivity index (χ3v) is 4.35. The zero-order valence-electron chi connectivity index (χ0n) is 11.6. The summed E-state index contributed by atoms with van der Waals surface area (Å²) in [6, 6.07) is 0. The molecule has 0 radical (unpaired) electrons. The molecule has 19 heavy (non-hydrogen) atoms. The lowest BCUT2D eigenvalue weighted by Crippen LogP contribution is -2.19. The average Bonchev–Trinajstić information content (AvgIpc) is 2.82. The molecule has 0 spiro atoms. The molecule has 3 N–H and O–H groups in total. The summed E-state index contributed by atoms with van der Waals surface area (Å²) in [5.74, 6) is 0.187. The highest BCUT2D eigenvalue weighted by Crippen LogP contribution is 2.43. The van der Waals surface area contributed by atoms with Gasteiger partial charge in [-0.3, -0.25) is 0 Å². The molecule has 1 aliphatic carbocycles. The predicted molar refractivity (Wildman–Crippen MR) is 72.4 cm³/mol. The second-order valence-electron chi connectivity index (χ2n) is 5.86. The van der Waals surface area contributed by atoms with Crippen LogP contribution in [0.5, 0.6) is 0 Å². The molecule has 2 fully saturated rings. The molecule has 1 aliphatic heterocycles. The molecule has 6 atom stereocenters. The summed E-state index contributed by atoms with van der Waals surface area (Å²) < 4.78 is 5.37. The van der Waals surface area contributed by atoms with Crippen LogP contribution >= 0.6 is 0 Å². The van der Waals surface area contributed by atoms with Crippen molar-refractivity contribution >= 4 is 0 Å². The number of unbranched alkanes of at least 4 members (excludes halogenated alkanes) is 2. The zero-order valence-corrected chi connectivity index (χ0v) is 11.6. The topological polar surface area (TPSA) is 69.9 Å². The summed E-state index contributed by atoms with van der Waals surface area (Å²) in [5.41, 5.74) is 0. The molecule has 1 unspecified atom stereocenters. The van der Waals surface area contributed by atoms with Crippen LogP contribution in [0.25, 0.3) is 0 Å². The van der Waals surface area contributed by atoms with E-state index in [1.807, 2.05) is 6.08 Å². The Hall–Kier alpha value is -0.420. The standard InChI is InChI=1S/C15H26O4/c1-2-3-4-5-10(16)6-7-11-12-8-15(18)19-14(12)9-13(11)17/h6-7,10-18H,2-5,8-9H2,1H3/b7-6+/t10-,11+,12+,13+,14-,15?/m1/s1. The lowest BCUT2D eigenvalue weighted by Gasteiger charge is -2.16. The van der Waals surface area contributed by atoms with Crippen LogP contribution in [0.1, 0.15) is 45.4 Å². The number of fused-ring (bicyclic) bond motifs is 1. The average molecular weight is 270 g/mol. The van der Waals surface area contributed by atoms with Gasteiger partial charge in [-0.15, -0.1) is 0 Å². The van der Waals surface area contributed by atoms with E-state index < -0.39 is 18.5 Å². The molecule has 2 aliphatic rings. The van der Waals surface area contributed by atoms with E-state index >= 15 is 0 Å². The molecule has 1 saturated heterocycles. The van der Waals surface area contributed by atoms with Crippen LogP contribution in [0.4, 0.5) is 0 Å². The maximum Gasteiger partial charge on any atom is 0.155 e. The maximum absolute atomic E-state index is 10.0. The summed E-state index contributed by atoms with van der Waals surface area (Å²) >= 11 is 0. The predicted octanol–water partition coefficient (Wildman–Crippen LogP) is 1.59. The minimum absolute atomic E-state index is 0.00275. The van der Waals surface area contributed by atoms with Gasteiger partial charge >= 0.3 is 0 Å². The molecule has 1 saturated carbocycles. The molecule has 0 aromatic heterocycles. The van der Waals surface area contributed by atoms with Crippen LogP contribution in [-0.4, -0.2) is 39.9 Å². The van der Waals surface area contributed by atoms with Gasteiger partial charge in [0.15, 0.2) is 6.29 Å². The molecule has 0 aromatic carbocycles. The van der Waals surface area contributed by atoms with Gasteiger partial charge in [-0.05, 0) is 12.3 Å². The van der Waals surface area contributed by atoms with Crippen LogP contribution in [-0.2, 0) is 4.74 Å². The van der Waals surface area contributed by atoms with Crippen LogP contribution in [0, 0.1) is 11.8 Å². The normalized spacial score (nSPS) is 39.9. The Morgan fingerprint density at radius 1 is 1.26 bits per heavy atom. The summed E-state index contributed by atoms with van der Waals surface area (Å²) in [7, 11) is 0. The van der Waals surface area contributed by atoms with Crippen molar-refractivity contribution in [2.24, 2.45) is 11.8 Å². The molecular weight excluding hydrogens is 244 g/mol. The summed E-state index contributed by atoms with van der Waals surface area (Å²) in [6.07, 6.45) is 7.44. The van der Waals surface area contributed by atoms with E-state index in [2.05, 4.69) is 6.92 Å². The molecule has 4 heteroatoms. The van der Waals surface area contributed by atoms with Crippen molar-refractivity contribution in [1.82, 2.24) is 0 Å². The molecule has 0 aromatic rings. The van der Waals surface area contributed by atoms with Crippen molar-refractivity contribution < 1.29 is 20.1 Å². The van der Waals surface area contributed by atoms with E-state index in [0.29, 0.717) is 12.8 Å². The Morgan fingerprint density at radius 2 is 2.05 bits per heavy atom. The highest BCUT2D eigenvalue weighted by atomic mass is 16.6. The van der Waals surface area contributed by atoms with Crippen LogP contribution in [0.15, 0.2) is 12.2 Å². The highest BCUT2D eigenvalue weighted by Gasteiger charge is 2.47. The lowest BCUT2D eigenvalue weighted by molar-refractivity contribution is -0.0949. The van der Waals surface area contributed by atoms with Crippen molar-refractivity contribution in [3.63, 3.8) is 0 Å². The van der Waals surface area contributed by atoms with E-state index in [9.17, 15) is 15.3 Å². The fourth-order valence-corrected chi connectivity index (χ4v) is 3.29. The Labute approximate surface area is 115 Å². The van der Waals surface area contributed by atoms with Crippen LogP contribution in [0.2, 0.25) is 0 Å². The molecule has 0 bridgehead atoms. The minimum Gasteiger partial charge on any atom is -0.392 e. The number of aliphatic hydroxyl groups is 3. The van der Waals surface area contributed by atoms with Crippen LogP contribution in [0.3, 0.4) is 0 Å². The summed E-state index contributed by atoms with van der Waals surface area (Å²) in [5, 5.41) is 29.4. The number of ether oxygens (including phenoxy) is 1. The smallest absolute Gasteiger partial charge is 0.155 e. The van der Waals surface area contributed by atoms with E-state index in [0.717, 1.165) is 25.7 Å². The van der Waals surface area contributed by atoms with Gasteiger partial charge in [-0.1, -0.05) is 38.3 Å². The second-order valence-corrected chi connectivity index (χ2v) is 5.86. The van der Waals surface area contributed by atoms with Gasteiger partial charge in [0.05, 0.1) is 18.3 Å². The number of rotatable bonds is 6. The zero-order chi connectivity index (χ0) is 13.8. The fourth-order valence-electron chi connectivity index (χ4n) is 3.29. The molecule has 4 nitrogen and oxygen atoms in total. The number of hydrogen-bond donors (Lipinski definition) is 3. The van der Waals surface area contributed by atoms with E-state index in [1.54, 1.807) is 6.08 Å². The van der Waals surface area contributed by atoms with Gasteiger partial charge in [0.25, 0.3) is 0 Å². The molecule has 2 rings (SSSR count). The quantitative estimate of drug-likeness (QED) is 0.506. The fraction of sp³-hybridized carbons (Fsp3) is 0.867. The van der Waals surface area contributed by atoms with Crippen molar-refractivity contribution in [3.8, 4) is 0 Å². The maximum atomic E-state index is 10.0. The third-order valence-electron chi connectivity index (χ3n) is 4.35. The van der Waals surface area contributed by atoms with Crippen LogP contribution < -0.4 is 0 Å². The SMILES string of the molecule is CCCCC[C@@H](O)/C=C/[C@H]1[C@@H]2CC(O)O[C@@H]2C[C@@H]1O. The molecule has 0 amide bonds. The monoisotopic (exact) mass is 270 g/mol. The first-order valence-corrected chi connectivity index (χ1v) is 7.49. The molecule has 1 heterocycles. The van der Waals surface area contributed by atoms with Gasteiger partial charge in [-0.2, -0.15) is 0 Å². The van der Waals surface area contributed by atoms with Gasteiger partial charge in [-0.25, -0.2) is 0 Å². The molecular formula is C15H26O4. The minimum atomic E-state index is -0.687. The second kappa shape index (κ2) is 6.84. The first-order valence-electron chi connectivity index (χ1n) is 7.49. The molecule has 110 valence electrons. The lowest BCUT2D eigenvalue weighted by atomic mass is 9.91. The van der Waals surface area contributed by atoms with Crippen molar-refractivity contribution in [1.29, 1.82) is 0 Å². The van der Waals surface area contributed by atoms with Crippen molar-refractivity contribution in [2.45, 2.75) is 70.1 Å². The Bertz CT molecular complexity index is 305. The number of aliphatic hydroxyl groups excluding tert-OH is 3. The Morgan fingerprint density at radius 3 is 2.79 bits per heavy atom. The van der Waals surface area contributed by atoms with Gasteiger partial charge in [0, 0.05) is 18.8 Å².